The van der Waals surface area contributed by atoms with Crippen molar-refractivity contribution in [3.05, 3.63) is 45.4 Å². The lowest BCUT2D eigenvalue weighted by Gasteiger charge is -2.10. The number of aromatic nitrogens is 2. The number of carbonyl (C=O) groups is 1. The highest BCUT2D eigenvalue weighted by Gasteiger charge is 2.16. The van der Waals surface area contributed by atoms with Crippen LogP contribution in [0.4, 0.5) is 0 Å². The van der Waals surface area contributed by atoms with E-state index in [1.165, 1.54) is 13.3 Å². The van der Waals surface area contributed by atoms with E-state index in [4.69, 9.17) is 16.3 Å². The van der Waals surface area contributed by atoms with Gasteiger partial charge in [-0.2, -0.15) is 0 Å². The summed E-state index contributed by atoms with van der Waals surface area (Å²) in [6, 6.07) is 3.50. The number of pyridine rings is 2. The van der Waals surface area contributed by atoms with Gasteiger partial charge in [-0.15, -0.1) is 0 Å². The van der Waals surface area contributed by atoms with Crippen LogP contribution < -0.4 is 0 Å². The maximum Gasteiger partial charge on any atom is 0.340 e. The van der Waals surface area contributed by atoms with Crippen molar-refractivity contribution in [2.45, 2.75) is 6.92 Å². The summed E-state index contributed by atoms with van der Waals surface area (Å²) >= 11 is 9.31. The first-order valence-electron chi connectivity index (χ1n) is 5.39. The van der Waals surface area contributed by atoms with Gasteiger partial charge in [0.1, 0.15) is 5.15 Å². The zero-order valence-electron chi connectivity index (χ0n) is 10.3. The Bertz CT molecular complexity index is 647. The minimum atomic E-state index is -0.442. The van der Waals surface area contributed by atoms with E-state index >= 15 is 0 Å². The van der Waals surface area contributed by atoms with Crippen LogP contribution in [0.25, 0.3) is 11.1 Å². The quantitative estimate of drug-likeness (QED) is 0.618. The fraction of sp³-hybridized carbons (Fsp3) is 0.154. The third-order valence-electron chi connectivity index (χ3n) is 2.56. The molecule has 0 bridgehead atoms. The summed E-state index contributed by atoms with van der Waals surface area (Å²) in [5, 5.41) is 0.350. The van der Waals surface area contributed by atoms with Crippen LogP contribution >= 0.6 is 27.5 Å². The Morgan fingerprint density at radius 1 is 1.26 bits per heavy atom. The lowest BCUT2D eigenvalue weighted by atomic mass is 10.0. The highest BCUT2D eigenvalue weighted by Crippen LogP contribution is 2.32. The summed E-state index contributed by atoms with van der Waals surface area (Å²) in [5.41, 5.74) is 2.65. The van der Waals surface area contributed by atoms with Crippen molar-refractivity contribution >= 4 is 33.5 Å². The summed E-state index contributed by atoms with van der Waals surface area (Å²) in [6.07, 6.45) is 3.09. The van der Waals surface area contributed by atoms with Crippen LogP contribution in [0.1, 0.15) is 16.1 Å². The van der Waals surface area contributed by atoms with Crippen molar-refractivity contribution in [3.63, 3.8) is 0 Å². The molecular formula is C13H10BrClN2O2. The number of esters is 1. The molecule has 6 heteroatoms. The van der Waals surface area contributed by atoms with E-state index in [9.17, 15) is 4.79 Å². The van der Waals surface area contributed by atoms with Gasteiger partial charge in [0, 0.05) is 33.7 Å². The molecule has 0 aliphatic heterocycles. The Kier molecular flexibility index (Phi) is 4.17. The van der Waals surface area contributed by atoms with E-state index in [1.54, 1.807) is 12.3 Å². The van der Waals surface area contributed by atoms with Crippen molar-refractivity contribution in [2.75, 3.05) is 7.11 Å². The molecule has 4 nitrogen and oxygen atoms in total. The van der Waals surface area contributed by atoms with Gasteiger partial charge in [-0.25, -0.2) is 9.78 Å². The van der Waals surface area contributed by atoms with Crippen molar-refractivity contribution < 1.29 is 9.53 Å². The first-order chi connectivity index (χ1) is 9.02. The molecule has 2 heterocycles. The fourth-order valence-corrected chi connectivity index (χ4v) is 2.26. The maximum absolute atomic E-state index is 11.8. The predicted molar refractivity (Wildman–Crippen MR) is 76.3 cm³/mol. The lowest BCUT2D eigenvalue weighted by Crippen LogP contribution is -2.05. The van der Waals surface area contributed by atoms with E-state index in [-0.39, 0.29) is 0 Å². The van der Waals surface area contributed by atoms with Gasteiger partial charge in [0.2, 0.25) is 0 Å². The number of hydrogen-bond acceptors (Lipinski definition) is 4. The molecule has 0 saturated heterocycles. The number of carbonyl (C=O) groups excluding carboxylic acids is 1. The molecule has 0 unspecified atom stereocenters. The largest absolute Gasteiger partial charge is 0.465 e. The van der Waals surface area contributed by atoms with E-state index in [1.807, 2.05) is 13.0 Å². The van der Waals surface area contributed by atoms with Crippen LogP contribution in [0.5, 0.6) is 0 Å². The molecular weight excluding hydrogens is 332 g/mol. The molecule has 0 aliphatic rings. The zero-order chi connectivity index (χ0) is 14.0. The first-order valence-corrected chi connectivity index (χ1v) is 6.56. The molecule has 2 aromatic rings. The van der Waals surface area contributed by atoms with Crippen LogP contribution in [0.2, 0.25) is 5.15 Å². The molecule has 0 aromatic carbocycles. The fourth-order valence-electron chi connectivity index (χ4n) is 1.67. The Hall–Kier alpha value is -1.46. The minimum Gasteiger partial charge on any atom is -0.465 e. The summed E-state index contributed by atoms with van der Waals surface area (Å²) in [4.78, 5) is 19.9. The number of halogens is 2. The molecule has 0 aliphatic carbocycles. The van der Waals surface area contributed by atoms with Gasteiger partial charge in [-0.05, 0) is 35.0 Å². The number of aryl methyl sites for hydroxylation is 1. The second-order valence-corrected chi connectivity index (χ2v) is 5.09. The highest BCUT2D eigenvalue weighted by molar-refractivity contribution is 9.10. The summed E-state index contributed by atoms with van der Waals surface area (Å²) < 4.78 is 5.51. The smallest absolute Gasteiger partial charge is 0.340 e. The second kappa shape index (κ2) is 5.67. The number of nitrogens with zero attached hydrogens (tertiary/aromatic N) is 2. The van der Waals surface area contributed by atoms with E-state index in [0.29, 0.717) is 16.3 Å². The SMILES string of the molecule is COC(=O)c1cnc(C)cc1-c1cc(Cl)ncc1Br. The standard InChI is InChI=1S/C13H10BrClN2O2/c1-7-3-8(10(5-16-7)13(18)19-2)9-4-12(15)17-6-11(9)14/h3-6H,1-2H3. The molecule has 0 spiro atoms. The Labute approximate surface area is 123 Å². The molecule has 98 valence electrons. The van der Waals surface area contributed by atoms with Crippen LogP contribution in [-0.2, 0) is 4.74 Å². The van der Waals surface area contributed by atoms with Gasteiger partial charge in [-0.3, -0.25) is 4.98 Å². The van der Waals surface area contributed by atoms with Gasteiger partial charge >= 0.3 is 5.97 Å². The van der Waals surface area contributed by atoms with Crippen molar-refractivity contribution in [1.82, 2.24) is 9.97 Å². The lowest BCUT2D eigenvalue weighted by molar-refractivity contribution is 0.0601. The first kappa shape index (κ1) is 14.0. The summed E-state index contributed by atoms with van der Waals surface area (Å²) in [7, 11) is 1.33. The van der Waals surface area contributed by atoms with Crippen molar-refractivity contribution in [3.8, 4) is 11.1 Å². The van der Waals surface area contributed by atoms with Crippen LogP contribution in [0.3, 0.4) is 0 Å². The van der Waals surface area contributed by atoms with E-state index in [2.05, 4.69) is 25.9 Å². The zero-order valence-corrected chi connectivity index (χ0v) is 12.6. The molecule has 0 atom stereocenters. The second-order valence-electron chi connectivity index (χ2n) is 3.85. The number of ether oxygens (including phenoxy) is 1. The van der Waals surface area contributed by atoms with E-state index < -0.39 is 5.97 Å². The monoisotopic (exact) mass is 340 g/mol. The Morgan fingerprint density at radius 2 is 2.00 bits per heavy atom. The van der Waals surface area contributed by atoms with Gasteiger partial charge in [0.05, 0.1) is 12.7 Å². The summed E-state index contributed by atoms with van der Waals surface area (Å²) in [6.45, 7) is 1.85. The predicted octanol–water partition coefficient (Wildman–Crippen LogP) is 3.65. The van der Waals surface area contributed by atoms with Gasteiger partial charge in [-0.1, -0.05) is 11.6 Å². The normalized spacial score (nSPS) is 10.3. The molecule has 0 saturated carbocycles. The van der Waals surface area contributed by atoms with Crippen molar-refractivity contribution in [1.29, 1.82) is 0 Å². The molecule has 0 amide bonds. The molecule has 0 fully saturated rings. The topological polar surface area (TPSA) is 52.1 Å². The average molecular weight is 342 g/mol. The van der Waals surface area contributed by atoms with Gasteiger partial charge in [0.25, 0.3) is 0 Å². The van der Waals surface area contributed by atoms with Crippen LogP contribution in [-0.4, -0.2) is 23.0 Å². The Balaban J connectivity index is 2.69. The molecule has 0 N–H and O–H groups in total. The van der Waals surface area contributed by atoms with Gasteiger partial charge < -0.3 is 4.74 Å². The van der Waals surface area contributed by atoms with E-state index in [0.717, 1.165) is 15.7 Å². The number of rotatable bonds is 2. The minimum absolute atomic E-state index is 0.350. The van der Waals surface area contributed by atoms with Gasteiger partial charge in [0.15, 0.2) is 0 Å². The average Bonchev–Trinajstić information content (AvgIpc) is 2.40. The molecule has 2 aromatic heterocycles. The number of hydrogen-bond donors (Lipinski definition) is 0. The third kappa shape index (κ3) is 2.93. The van der Waals surface area contributed by atoms with Crippen LogP contribution in [0.15, 0.2) is 29.0 Å². The van der Waals surface area contributed by atoms with Crippen molar-refractivity contribution in [2.24, 2.45) is 0 Å². The Morgan fingerprint density at radius 3 is 2.68 bits per heavy atom. The third-order valence-corrected chi connectivity index (χ3v) is 3.40. The van der Waals surface area contributed by atoms with Crippen LogP contribution in [0, 0.1) is 6.92 Å². The molecule has 2 rings (SSSR count). The molecule has 19 heavy (non-hydrogen) atoms. The number of methoxy groups -OCH3 is 1. The maximum atomic E-state index is 11.8. The summed E-state index contributed by atoms with van der Waals surface area (Å²) in [5.74, 6) is -0.442. The highest BCUT2D eigenvalue weighted by atomic mass is 79.9. The molecule has 0 radical (unpaired) electrons.